The quantitative estimate of drug-likeness (QED) is 0.841. The van der Waals surface area contributed by atoms with Crippen LogP contribution in [0.4, 0.5) is 5.69 Å². The Hall–Kier alpha value is -2.29. The van der Waals surface area contributed by atoms with Crippen molar-refractivity contribution in [2.45, 2.75) is 40.2 Å². The van der Waals surface area contributed by atoms with Gasteiger partial charge in [-0.1, -0.05) is 56.3 Å². The van der Waals surface area contributed by atoms with Gasteiger partial charge < -0.3 is 10.6 Å². The van der Waals surface area contributed by atoms with Gasteiger partial charge in [-0.15, -0.1) is 0 Å². The van der Waals surface area contributed by atoms with Crippen molar-refractivity contribution >= 4 is 11.6 Å². The maximum atomic E-state index is 12.1. The fourth-order valence-electron chi connectivity index (χ4n) is 2.65. The predicted molar refractivity (Wildman–Crippen MR) is 96.8 cm³/mol. The first-order chi connectivity index (χ1) is 11.0. The van der Waals surface area contributed by atoms with Gasteiger partial charge in [-0.2, -0.15) is 0 Å². The van der Waals surface area contributed by atoms with Crippen LogP contribution in [0.25, 0.3) is 0 Å². The van der Waals surface area contributed by atoms with Crippen molar-refractivity contribution < 1.29 is 4.79 Å². The zero-order valence-electron chi connectivity index (χ0n) is 14.4. The highest BCUT2D eigenvalue weighted by Gasteiger charge is 2.10. The van der Waals surface area contributed by atoms with E-state index in [2.05, 4.69) is 62.6 Å². The van der Waals surface area contributed by atoms with E-state index >= 15 is 0 Å². The number of carbonyl (C=O) groups is 1. The normalized spacial score (nSPS) is 10.7. The number of rotatable bonds is 6. The lowest BCUT2D eigenvalue weighted by atomic mass is 9.98. The summed E-state index contributed by atoms with van der Waals surface area (Å²) >= 11 is 0. The van der Waals surface area contributed by atoms with Gasteiger partial charge in [0.05, 0.1) is 6.54 Å². The molecule has 122 valence electrons. The van der Waals surface area contributed by atoms with Gasteiger partial charge in [0, 0.05) is 12.2 Å². The Labute approximate surface area is 139 Å². The molecule has 0 bridgehead atoms. The van der Waals surface area contributed by atoms with E-state index in [4.69, 9.17) is 0 Å². The molecule has 2 aromatic carbocycles. The van der Waals surface area contributed by atoms with Crippen LogP contribution in [0.15, 0.2) is 42.5 Å². The van der Waals surface area contributed by atoms with E-state index < -0.39 is 0 Å². The standard InChI is InChI=1S/C20H26N2O/c1-14(2)18-11-7-9-16(4)20(18)22-13-19(23)21-12-17-10-6-5-8-15(17)3/h5-11,14,22H,12-13H2,1-4H3,(H,21,23). The lowest BCUT2D eigenvalue weighted by molar-refractivity contribution is -0.119. The summed E-state index contributed by atoms with van der Waals surface area (Å²) in [6.07, 6.45) is 0. The molecule has 0 aromatic heterocycles. The summed E-state index contributed by atoms with van der Waals surface area (Å²) in [4.78, 5) is 12.1. The van der Waals surface area contributed by atoms with Gasteiger partial charge >= 0.3 is 0 Å². The van der Waals surface area contributed by atoms with E-state index in [1.807, 2.05) is 18.2 Å². The minimum atomic E-state index is 0.00575. The maximum Gasteiger partial charge on any atom is 0.239 e. The second-order valence-electron chi connectivity index (χ2n) is 6.25. The van der Waals surface area contributed by atoms with Crippen LogP contribution in [0.5, 0.6) is 0 Å². The first-order valence-corrected chi connectivity index (χ1v) is 8.13. The fourth-order valence-corrected chi connectivity index (χ4v) is 2.65. The number of hydrogen-bond donors (Lipinski definition) is 2. The van der Waals surface area contributed by atoms with Crippen LogP contribution in [0.1, 0.15) is 42.0 Å². The van der Waals surface area contributed by atoms with E-state index in [9.17, 15) is 4.79 Å². The minimum Gasteiger partial charge on any atom is -0.376 e. The van der Waals surface area contributed by atoms with Crippen LogP contribution < -0.4 is 10.6 Å². The maximum absolute atomic E-state index is 12.1. The molecular formula is C20H26N2O. The van der Waals surface area contributed by atoms with Gasteiger partial charge in [-0.3, -0.25) is 4.79 Å². The Morgan fingerprint density at radius 3 is 2.39 bits per heavy atom. The van der Waals surface area contributed by atoms with E-state index in [-0.39, 0.29) is 12.5 Å². The fraction of sp³-hybridized carbons (Fsp3) is 0.350. The second kappa shape index (κ2) is 7.82. The van der Waals surface area contributed by atoms with Crippen molar-refractivity contribution in [2.75, 3.05) is 11.9 Å². The molecule has 3 nitrogen and oxygen atoms in total. The Bertz CT molecular complexity index is 677. The summed E-state index contributed by atoms with van der Waals surface area (Å²) in [6.45, 7) is 9.31. The zero-order valence-corrected chi connectivity index (χ0v) is 14.4. The summed E-state index contributed by atoms with van der Waals surface area (Å²) in [7, 11) is 0. The number of nitrogens with one attached hydrogen (secondary N) is 2. The number of anilines is 1. The molecule has 0 radical (unpaired) electrons. The van der Waals surface area contributed by atoms with Crippen molar-refractivity contribution in [3.05, 3.63) is 64.7 Å². The van der Waals surface area contributed by atoms with E-state index in [1.54, 1.807) is 0 Å². The lowest BCUT2D eigenvalue weighted by Gasteiger charge is -2.17. The Morgan fingerprint density at radius 2 is 1.70 bits per heavy atom. The highest BCUT2D eigenvalue weighted by atomic mass is 16.1. The summed E-state index contributed by atoms with van der Waals surface area (Å²) in [5.74, 6) is 0.429. The van der Waals surface area contributed by atoms with Crippen LogP contribution in [0, 0.1) is 13.8 Å². The topological polar surface area (TPSA) is 41.1 Å². The van der Waals surface area contributed by atoms with Gasteiger partial charge in [-0.05, 0) is 42.0 Å². The van der Waals surface area contributed by atoms with Crippen LogP contribution in [-0.2, 0) is 11.3 Å². The molecule has 0 fully saturated rings. The number of para-hydroxylation sites is 1. The van der Waals surface area contributed by atoms with Gasteiger partial charge in [0.2, 0.25) is 5.91 Å². The molecule has 0 aliphatic rings. The van der Waals surface area contributed by atoms with Gasteiger partial charge in [0.25, 0.3) is 0 Å². The Balaban J connectivity index is 1.94. The van der Waals surface area contributed by atoms with Crippen molar-refractivity contribution in [1.82, 2.24) is 5.32 Å². The molecule has 0 aliphatic heterocycles. The number of amides is 1. The monoisotopic (exact) mass is 310 g/mol. The number of hydrogen-bond acceptors (Lipinski definition) is 2. The van der Waals surface area contributed by atoms with Gasteiger partial charge in [0.15, 0.2) is 0 Å². The summed E-state index contributed by atoms with van der Waals surface area (Å²) < 4.78 is 0. The third kappa shape index (κ3) is 4.59. The molecule has 0 atom stereocenters. The Kier molecular flexibility index (Phi) is 5.80. The second-order valence-corrected chi connectivity index (χ2v) is 6.25. The average molecular weight is 310 g/mol. The molecule has 0 aliphatic carbocycles. The van der Waals surface area contributed by atoms with E-state index in [0.717, 1.165) is 11.3 Å². The smallest absolute Gasteiger partial charge is 0.239 e. The first kappa shape index (κ1) is 17.1. The van der Waals surface area contributed by atoms with E-state index in [1.165, 1.54) is 16.7 Å². The largest absolute Gasteiger partial charge is 0.376 e. The van der Waals surface area contributed by atoms with Crippen LogP contribution >= 0.6 is 0 Å². The third-order valence-corrected chi connectivity index (χ3v) is 4.09. The molecular weight excluding hydrogens is 284 g/mol. The summed E-state index contributed by atoms with van der Waals surface area (Å²) in [5.41, 5.74) is 5.84. The number of carbonyl (C=O) groups excluding carboxylic acids is 1. The lowest BCUT2D eigenvalue weighted by Crippen LogP contribution is -2.30. The molecule has 23 heavy (non-hydrogen) atoms. The Morgan fingerprint density at radius 1 is 1.00 bits per heavy atom. The van der Waals surface area contributed by atoms with Crippen molar-refractivity contribution in [1.29, 1.82) is 0 Å². The van der Waals surface area contributed by atoms with Gasteiger partial charge in [0.1, 0.15) is 0 Å². The minimum absolute atomic E-state index is 0.00575. The molecule has 3 heteroatoms. The molecule has 1 amide bonds. The molecule has 2 aromatic rings. The van der Waals surface area contributed by atoms with E-state index in [0.29, 0.717) is 12.5 Å². The summed E-state index contributed by atoms with van der Waals surface area (Å²) in [5, 5.41) is 6.28. The van der Waals surface area contributed by atoms with Crippen LogP contribution in [0.2, 0.25) is 0 Å². The molecule has 0 saturated heterocycles. The van der Waals surface area contributed by atoms with Crippen LogP contribution in [-0.4, -0.2) is 12.5 Å². The number of benzene rings is 2. The van der Waals surface area contributed by atoms with Crippen molar-refractivity contribution in [3.8, 4) is 0 Å². The number of aryl methyl sites for hydroxylation is 2. The van der Waals surface area contributed by atoms with Crippen molar-refractivity contribution in [3.63, 3.8) is 0 Å². The SMILES string of the molecule is Cc1ccccc1CNC(=O)CNc1c(C)cccc1C(C)C. The molecule has 0 unspecified atom stereocenters. The highest BCUT2D eigenvalue weighted by molar-refractivity contribution is 5.81. The first-order valence-electron chi connectivity index (χ1n) is 8.13. The average Bonchev–Trinajstić information content (AvgIpc) is 2.52. The third-order valence-electron chi connectivity index (χ3n) is 4.09. The molecule has 2 N–H and O–H groups in total. The molecule has 0 saturated carbocycles. The molecule has 0 spiro atoms. The van der Waals surface area contributed by atoms with Gasteiger partial charge in [-0.25, -0.2) is 0 Å². The predicted octanol–water partition coefficient (Wildman–Crippen LogP) is 4.16. The zero-order chi connectivity index (χ0) is 16.8. The molecule has 2 rings (SSSR count). The highest BCUT2D eigenvalue weighted by Crippen LogP contribution is 2.27. The summed E-state index contributed by atoms with van der Waals surface area (Å²) in [6, 6.07) is 14.4. The van der Waals surface area contributed by atoms with Crippen molar-refractivity contribution in [2.24, 2.45) is 0 Å². The van der Waals surface area contributed by atoms with Crippen LogP contribution in [0.3, 0.4) is 0 Å². The molecule has 0 heterocycles.